The van der Waals surface area contributed by atoms with Crippen molar-refractivity contribution in [1.29, 1.82) is 0 Å². The SMILES string of the molecule is CCC1CCN(NC)CC1. The second-order valence-electron chi connectivity index (χ2n) is 3.06. The van der Waals surface area contributed by atoms with Crippen LogP contribution in [0, 0.1) is 5.92 Å². The zero-order chi connectivity index (χ0) is 7.40. The molecule has 1 saturated heterocycles. The Morgan fingerprint density at radius 1 is 1.40 bits per heavy atom. The first-order chi connectivity index (χ1) is 4.86. The van der Waals surface area contributed by atoms with Crippen molar-refractivity contribution in [2.75, 3.05) is 20.1 Å². The second kappa shape index (κ2) is 3.94. The molecule has 10 heavy (non-hydrogen) atoms. The predicted octanol–water partition coefficient (Wildman–Crippen LogP) is 1.24. The molecule has 0 aromatic heterocycles. The van der Waals surface area contributed by atoms with Gasteiger partial charge < -0.3 is 0 Å². The molecule has 0 aromatic rings. The largest absolute Gasteiger partial charge is 0.258 e. The molecule has 0 radical (unpaired) electrons. The summed E-state index contributed by atoms with van der Waals surface area (Å²) in [6.45, 7) is 4.75. The summed E-state index contributed by atoms with van der Waals surface area (Å²) in [4.78, 5) is 0. The van der Waals surface area contributed by atoms with E-state index in [-0.39, 0.29) is 0 Å². The van der Waals surface area contributed by atoms with E-state index in [0.717, 1.165) is 5.92 Å². The smallest absolute Gasteiger partial charge is 0.0133 e. The fourth-order valence-corrected chi connectivity index (χ4v) is 1.56. The number of rotatable bonds is 2. The maximum absolute atomic E-state index is 3.18. The first-order valence-corrected chi connectivity index (χ1v) is 4.29. The number of nitrogens with one attached hydrogen (secondary N) is 1. The van der Waals surface area contributed by atoms with Crippen molar-refractivity contribution in [2.45, 2.75) is 26.2 Å². The molecule has 1 aliphatic heterocycles. The Morgan fingerprint density at radius 3 is 2.40 bits per heavy atom. The number of hydrogen-bond acceptors (Lipinski definition) is 2. The van der Waals surface area contributed by atoms with E-state index in [2.05, 4.69) is 17.4 Å². The standard InChI is InChI=1S/C8H18N2/c1-3-8-4-6-10(9-2)7-5-8/h8-9H,3-7H2,1-2H3. The summed E-state index contributed by atoms with van der Waals surface area (Å²) in [6, 6.07) is 0. The van der Waals surface area contributed by atoms with Crippen LogP contribution in [0.25, 0.3) is 0 Å². The molecule has 0 atom stereocenters. The molecule has 60 valence electrons. The first kappa shape index (κ1) is 8.02. The summed E-state index contributed by atoms with van der Waals surface area (Å²) in [5.41, 5.74) is 3.18. The van der Waals surface area contributed by atoms with Crippen molar-refractivity contribution in [1.82, 2.24) is 10.4 Å². The van der Waals surface area contributed by atoms with Crippen LogP contribution < -0.4 is 5.43 Å². The van der Waals surface area contributed by atoms with E-state index in [9.17, 15) is 0 Å². The minimum Gasteiger partial charge on any atom is -0.258 e. The minimum atomic E-state index is 0.990. The van der Waals surface area contributed by atoms with Gasteiger partial charge in [0, 0.05) is 13.1 Å². The molecule has 0 bridgehead atoms. The van der Waals surface area contributed by atoms with Crippen LogP contribution in [0.2, 0.25) is 0 Å². The van der Waals surface area contributed by atoms with Crippen molar-refractivity contribution in [3.8, 4) is 0 Å². The topological polar surface area (TPSA) is 15.3 Å². The third-order valence-electron chi connectivity index (χ3n) is 2.51. The number of nitrogens with zero attached hydrogens (tertiary/aromatic N) is 1. The van der Waals surface area contributed by atoms with Crippen LogP contribution >= 0.6 is 0 Å². The van der Waals surface area contributed by atoms with Gasteiger partial charge in [0.1, 0.15) is 0 Å². The summed E-state index contributed by atoms with van der Waals surface area (Å²) in [6.07, 6.45) is 4.10. The van der Waals surface area contributed by atoms with Crippen molar-refractivity contribution in [3.05, 3.63) is 0 Å². The van der Waals surface area contributed by atoms with Crippen molar-refractivity contribution in [3.63, 3.8) is 0 Å². The van der Waals surface area contributed by atoms with E-state index in [1.54, 1.807) is 0 Å². The Balaban J connectivity index is 2.17. The van der Waals surface area contributed by atoms with Crippen LogP contribution in [-0.4, -0.2) is 25.1 Å². The average Bonchev–Trinajstić information content (AvgIpc) is 2.05. The summed E-state index contributed by atoms with van der Waals surface area (Å²) < 4.78 is 0. The highest BCUT2D eigenvalue weighted by atomic mass is 15.5. The lowest BCUT2D eigenvalue weighted by molar-refractivity contribution is 0.136. The fourth-order valence-electron chi connectivity index (χ4n) is 1.56. The number of hydrazine groups is 1. The highest BCUT2D eigenvalue weighted by Gasteiger charge is 2.15. The van der Waals surface area contributed by atoms with Gasteiger partial charge in [-0.25, -0.2) is 5.01 Å². The van der Waals surface area contributed by atoms with E-state index >= 15 is 0 Å². The predicted molar refractivity (Wildman–Crippen MR) is 43.6 cm³/mol. The fraction of sp³-hybridized carbons (Fsp3) is 1.00. The van der Waals surface area contributed by atoms with Gasteiger partial charge in [-0.15, -0.1) is 0 Å². The molecule has 0 saturated carbocycles. The maximum Gasteiger partial charge on any atom is 0.0133 e. The molecule has 2 heteroatoms. The molecule has 1 N–H and O–H groups in total. The van der Waals surface area contributed by atoms with Gasteiger partial charge in [0.25, 0.3) is 0 Å². The van der Waals surface area contributed by atoms with E-state index < -0.39 is 0 Å². The summed E-state index contributed by atoms with van der Waals surface area (Å²) in [7, 11) is 2.01. The summed E-state index contributed by atoms with van der Waals surface area (Å²) >= 11 is 0. The monoisotopic (exact) mass is 142 g/mol. The van der Waals surface area contributed by atoms with Crippen LogP contribution in [0.5, 0.6) is 0 Å². The molecule has 2 nitrogen and oxygen atoms in total. The number of hydrogen-bond donors (Lipinski definition) is 1. The van der Waals surface area contributed by atoms with E-state index in [0.29, 0.717) is 0 Å². The van der Waals surface area contributed by atoms with Crippen LogP contribution in [0.3, 0.4) is 0 Å². The molecular weight excluding hydrogens is 124 g/mol. The van der Waals surface area contributed by atoms with E-state index in [1.165, 1.54) is 32.4 Å². The number of piperidine rings is 1. The third kappa shape index (κ3) is 1.96. The molecule has 0 aliphatic carbocycles. The zero-order valence-corrected chi connectivity index (χ0v) is 7.06. The molecule has 0 amide bonds. The Morgan fingerprint density at radius 2 is 2.00 bits per heavy atom. The molecule has 0 aromatic carbocycles. The maximum atomic E-state index is 3.18. The van der Waals surface area contributed by atoms with Gasteiger partial charge in [-0.2, -0.15) is 0 Å². The van der Waals surface area contributed by atoms with Crippen molar-refractivity contribution < 1.29 is 0 Å². The van der Waals surface area contributed by atoms with Gasteiger partial charge in [0.15, 0.2) is 0 Å². The molecule has 0 unspecified atom stereocenters. The first-order valence-electron chi connectivity index (χ1n) is 4.29. The van der Waals surface area contributed by atoms with Crippen LogP contribution in [0.1, 0.15) is 26.2 Å². The normalized spacial score (nSPS) is 23.4. The van der Waals surface area contributed by atoms with Gasteiger partial charge in [0.2, 0.25) is 0 Å². The van der Waals surface area contributed by atoms with Crippen LogP contribution in [-0.2, 0) is 0 Å². The van der Waals surface area contributed by atoms with E-state index in [1.807, 2.05) is 7.05 Å². The minimum absolute atomic E-state index is 0.990. The molecular formula is C8H18N2. The van der Waals surface area contributed by atoms with Crippen LogP contribution in [0.4, 0.5) is 0 Å². The van der Waals surface area contributed by atoms with Gasteiger partial charge in [-0.05, 0) is 25.8 Å². The Labute approximate surface area is 63.6 Å². The second-order valence-corrected chi connectivity index (χ2v) is 3.06. The Hall–Kier alpha value is -0.0800. The molecule has 1 rings (SSSR count). The van der Waals surface area contributed by atoms with Crippen LogP contribution in [0.15, 0.2) is 0 Å². The highest BCUT2D eigenvalue weighted by molar-refractivity contribution is 4.67. The highest BCUT2D eigenvalue weighted by Crippen LogP contribution is 2.17. The van der Waals surface area contributed by atoms with Gasteiger partial charge in [-0.3, -0.25) is 5.43 Å². The third-order valence-corrected chi connectivity index (χ3v) is 2.51. The van der Waals surface area contributed by atoms with Gasteiger partial charge in [0.05, 0.1) is 0 Å². The molecule has 1 heterocycles. The Kier molecular flexibility index (Phi) is 3.16. The average molecular weight is 142 g/mol. The summed E-state index contributed by atoms with van der Waals surface area (Å²) in [5, 5.41) is 2.30. The van der Waals surface area contributed by atoms with Crippen molar-refractivity contribution >= 4 is 0 Å². The van der Waals surface area contributed by atoms with Crippen molar-refractivity contribution in [2.24, 2.45) is 5.92 Å². The van der Waals surface area contributed by atoms with E-state index in [4.69, 9.17) is 0 Å². The molecule has 1 fully saturated rings. The van der Waals surface area contributed by atoms with Gasteiger partial charge >= 0.3 is 0 Å². The summed E-state index contributed by atoms with van der Waals surface area (Å²) in [5.74, 6) is 0.990. The lowest BCUT2D eigenvalue weighted by Gasteiger charge is -2.30. The van der Waals surface area contributed by atoms with Gasteiger partial charge in [-0.1, -0.05) is 13.3 Å². The zero-order valence-electron chi connectivity index (χ0n) is 7.06. The quantitative estimate of drug-likeness (QED) is 0.624. The lowest BCUT2D eigenvalue weighted by atomic mass is 9.95. The molecule has 1 aliphatic rings. The molecule has 0 spiro atoms. The lowest BCUT2D eigenvalue weighted by Crippen LogP contribution is -2.41. The Bertz CT molecular complexity index is 73.3.